The second kappa shape index (κ2) is 10.1. The summed E-state index contributed by atoms with van der Waals surface area (Å²) in [6.07, 6.45) is 10.8. The Bertz CT molecular complexity index is 1360. The van der Waals surface area contributed by atoms with Crippen LogP contribution in [0, 0.1) is 13.8 Å². The maximum atomic E-state index is 6.39. The summed E-state index contributed by atoms with van der Waals surface area (Å²) in [6, 6.07) is 22.1. The zero-order chi connectivity index (χ0) is 23.5. The van der Waals surface area contributed by atoms with Gasteiger partial charge in [0, 0.05) is 10.9 Å². The van der Waals surface area contributed by atoms with E-state index in [9.17, 15) is 0 Å². The molecule has 0 amide bonds. The SMILES string of the molecule is C1=CCOC=C1.Cc1cc(OC2CCc3c(ccc4c3ccc3ccccc34)C2)cc(C)c1Br. The molecule has 0 bridgehead atoms. The molecule has 2 nitrogen and oxygen atoms in total. The van der Waals surface area contributed by atoms with Gasteiger partial charge in [-0.25, -0.2) is 0 Å². The van der Waals surface area contributed by atoms with Gasteiger partial charge in [-0.15, -0.1) is 0 Å². The first-order valence-corrected chi connectivity index (χ1v) is 12.7. The molecule has 0 spiro atoms. The minimum absolute atomic E-state index is 0.241. The predicted molar refractivity (Wildman–Crippen MR) is 146 cm³/mol. The maximum absolute atomic E-state index is 6.39. The highest BCUT2D eigenvalue weighted by atomic mass is 79.9. The van der Waals surface area contributed by atoms with E-state index in [1.165, 1.54) is 48.3 Å². The van der Waals surface area contributed by atoms with Gasteiger partial charge >= 0.3 is 0 Å². The van der Waals surface area contributed by atoms with Crippen molar-refractivity contribution in [2.24, 2.45) is 0 Å². The predicted octanol–water partition coefficient (Wildman–Crippen LogP) is 8.40. The van der Waals surface area contributed by atoms with E-state index in [1.54, 1.807) is 6.26 Å². The largest absolute Gasteiger partial charge is 0.497 e. The zero-order valence-electron chi connectivity index (χ0n) is 19.7. The van der Waals surface area contributed by atoms with Gasteiger partial charge in [0.05, 0.1) is 6.26 Å². The first-order valence-electron chi connectivity index (χ1n) is 11.9. The molecule has 172 valence electrons. The molecular formula is C31H29BrO2. The topological polar surface area (TPSA) is 18.5 Å². The van der Waals surface area contributed by atoms with Crippen LogP contribution in [0.15, 0.2) is 89.6 Å². The molecule has 1 heterocycles. The Morgan fingerprint density at radius 3 is 2.38 bits per heavy atom. The van der Waals surface area contributed by atoms with E-state index in [0.29, 0.717) is 0 Å². The number of benzene rings is 4. The van der Waals surface area contributed by atoms with Crippen molar-refractivity contribution in [1.82, 2.24) is 0 Å². The molecule has 0 saturated heterocycles. The lowest BCUT2D eigenvalue weighted by atomic mass is 9.85. The molecule has 4 aromatic rings. The van der Waals surface area contributed by atoms with Crippen LogP contribution in [0.25, 0.3) is 21.5 Å². The van der Waals surface area contributed by atoms with Gasteiger partial charge in [-0.05, 0) is 94.8 Å². The average Bonchev–Trinajstić information content (AvgIpc) is 2.88. The first kappa shape index (κ1) is 22.7. The van der Waals surface area contributed by atoms with E-state index in [1.807, 2.05) is 18.2 Å². The average molecular weight is 513 g/mol. The highest BCUT2D eigenvalue weighted by Crippen LogP contribution is 2.35. The monoisotopic (exact) mass is 512 g/mol. The standard InChI is InChI=1S/C26H23BrO.C5H6O/c1-16-13-21(14-17(2)26(16)27)28-20-9-12-23-19(15-20)8-11-24-22-6-4-3-5-18(22)7-10-25(23)24;1-2-4-6-5-3-1/h3-8,10-11,13-14,20H,9,12,15H2,1-2H3;1-4H,5H2. The third-order valence-electron chi connectivity index (χ3n) is 6.63. The number of allylic oxidation sites excluding steroid dienone is 2. The van der Waals surface area contributed by atoms with Crippen molar-refractivity contribution < 1.29 is 9.47 Å². The quantitative estimate of drug-likeness (QED) is 0.251. The Morgan fingerprint density at radius 1 is 0.882 bits per heavy atom. The summed E-state index contributed by atoms with van der Waals surface area (Å²) in [4.78, 5) is 0. The summed E-state index contributed by atoms with van der Waals surface area (Å²) in [5, 5.41) is 5.44. The molecule has 1 aliphatic heterocycles. The Labute approximate surface area is 210 Å². The minimum Gasteiger partial charge on any atom is -0.497 e. The van der Waals surface area contributed by atoms with Crippen LogP contribution < -0.4 is 4.74 Å². The van der Waals surface area contributed by atoms with Crippen LogP contribution in [0.5, 0.6) is 5.75 Å². The van der Waals surface area contributed by atoms with Crippen LogP contribution in [0.3, 0.4) is 0 Å². The normalized spacial score (nSPS) is 16.5. The number of fused-ring (bicyclic) bond motifs is 5. The van der Waals surface area contributed by atoms with Crippen molar-refractivity contribution in [3.63, 3.8) is 0 Å². The minimum atomic E-state index is 0.241. The number of rotatable bonds is 2. The molecule has 34 heavy (non-hydrogen) atoms. The number of halogens is 1. The third-order valence-corrected chi connectivity index (χ3v) is 7.88. The smallest absolute Gasteiger partial charge is 0.120 e. The molecule has 0 aromatic heterocycles. The Balaban J connectivity index is 0.000000351. The molecule has 1 unspecified atom stereocenters. The maximum Gasteiger partial charge on any atom is 0.120 e. The van der Waals surface area contributed by atoms with Crippen molar-refractivity contribution in [2.45, 2.75) is 39.2 Å². The molecule has 1 aliphatic carbocycles. The van der Waals surface area contributed by atoms with Gasteiger partial charge in [0.2, 0.25) is 0 Å². The van der Waals surface area contributed by atoms with Crippen LogP contribution >= 0.6 is 15.9 Å². The molecule has 0 saturated carbocycles. The fourth-order valence-corrected chi connectivity index (χ4v) is 5.18. The summed E-state index contributed by atoms with van der Waals surface area (Å²) in [5.41, 5.74) is 5.39. The van der Waals surface area contributed by atoms with Crippen molar-refractivity contribution in [2.75, 3.05) is 6.61 Å². The molecule has 0 fully saturated rings. The van der Waals surface area contributed by atoms with Gasteiger partial charge in [0.1, 0.15) is 18.5 Å². The van der Waals surface area contributed by atoms with Crippen LogP contribution in [0.1, 0.15) is 28.7 Å². The van der Waals surface area contributed by atoms with Gasteiger partial charge in [0.25, 0.3) is 0 Å². The summed E-state index contributed by atoms with van der Waals surface area (Å²) in [6.45, 7) is 4.98. The van der Waals surface area contributed by atoms with Gasteiger partial charge in [-0.2, -0.15) is 0 Å². The van der Waals surface area contributed by atoms with E-state index < -0.39 is 0 Å². The van der Waals surface area contributed by atoms with E-state index in [-0.39, 0.29) is 6.10 Å². The Morgan fingerprint density at radius 2 is 1.68 bits per heavy atom. The van der Waals surface area contributed by atoms with E-state index in [0.717, 1.165) is 31.6 Å². The second-order valence-corrected chi connectivity index (χ2v) is 9.82. The summed E-state index contributed by atoms with van der Waals surface area (Å²) >= 11 is 3.64. The number of hydrogen-bond acceptors (Lipinski definition) is 2. The Hall–Kier alpha value is -3.04. The third kappa shape index (κ3) is 4.76. The zero-order valence-corrected chi connectivity index (χ0v) is 21.3. The van der Waals surface area contributed by atoms with Crippen LogP contribution in [-0.4, -0.2) is 12.7 Å². The van der Waals surface area contributed by atoms with E-state index in [4.69, 9.17) is 9.47 Å². The summed E-state index contributed by atoms with van der Waals surface area (Å²) in [7, 11) is 0. The van der Waals surface area contributed by atoms with Gasteiger partial charge in [-0.3, -0.25) is 0 Å². The highest BCUT2D eigenvalue weighted by molar-refractivity contribution is 9.10. The van der Waals surface area contributed by atoms with Crippen molar-refractivity contribution >= 4 is 37.5 Å². The summed E-state index contributed by atoms with van der Waals surface area (Å²) in [5.74, 6) is 0.985. The molecule has 6 rings (SSSR count). The highest BCUT2D eigenvalue weighted by Gasteiger charge is 2.22. The van der Waals surface area contributed by atoms with E-state index >= 15 is 0 Å². The lowest BCUT2D eigenvalue weighted by Crippen LogP contribution is -2.25. The Kier molecular flexibility index (Phi) is 6.73. The van der Waals surface area contributed by atoms with E-state index in [2.05, 4.69) is 90.4 Å². The van der Waals surface area contributed by atoms with Crippen molar-refractivity contribution in [1.29, 1.82) is 0 Å². The number of ether oxygens (including phenoxy) is 2. The molecular weight excluding hydrogens is 484 g/mol. The van der Waals surface area contributed by atoms with Crippen molar-refractivity contribution in [3.05, 3.63) is 112 Å². The molecule has 1 atom stereocenters. The van der Waals surface area contributed by atoms with Crippen LogP contribution in [0.4, 0.5) is 0 Å². The number of hydrogen-bond donors (Lipinski definition) is 0. The molecule has 4 aromatic carbocycles. The first-order chi connectivity index (χ1) is 16.6. The molecule has 0 N–H and O–H groups in total. The summed E-state index contributed by atoms with van der Waals surface area (Å²) < 4.78 is 12.4. The second-order valence-electron chi connectivity index (χ2n) is 9.03. The molecule has 2 aliphatic rings. The fraction of sp³-hybridized carbons (Fsp3) is 0.226. The molecule has 3 heteroatoms. The number of aryl methyl sites for hydroxylation is 3. The van der Waals surface area contributed by atoms with Gasteiger partial charge < -0.3 is 9.47 Å². The lowest BCUT2D eigenvalue weighted by molar-refractivity contribution is 0.185. The molecule has 0 radical (unpaired) electrons. The van der Waals surface area contributed by atoms with Crippen molar-refractivity contribution in [3.8, 4) is 5.75 Å². The van der Waals surface area contributed by atoms with Crippen LogP contribution in [-0.2, 0) is 17.6 Å². The lowest BCUT2D eigenvalue weighted by Gasteiger charge is -2.27. The van der Waals surface area contributed by atoms with Crippen LogP contribution in [0.2, 0.25) is 0 Å². The van der Waals surface area contributed by atoms with Gasteiger partial charge in [0.15, 0.2) is 0 Å². The van der Waals surface area contributed by atoms with Gasteiger partial charge in [-0.1, -0.05) is 70.5 Å². The fourth-order valence-electron chi connectivity index (χ4n) is 4.95.